The van der Waals surface area contributed by atoms with Crippen molar-refractivity contribution in [2.75, 3.05) is 0 Å². The highest BCUT2D eigenvalue weighted by Gasteiger charge is 2.30. The van der Waals surface area contributed by atoms with Crippen molar-refractivity contribution in [3.05, 3.63) is 35.9 Å². The Balaban J connectivity index is 1.86. The van der Waals surface area contributed by atoms with Crippen LogP contribution in [0.4, 0.5) is 0 Å². The first-order valence-corrected chi connectivity index (χ1v) is 7.30. The van der Waals surface area contributed by atoms with Crippen molar-refractivity contribution in [1.82, 2.24) is 0 Å². The van der Waals surface area contributed by atoms with Gasteiger partial charge in [0.25, 0.3) is 0 Å². The molecule has 0 aromatic heterocycles. The lowest BCUT2D eigenvalue weighted by atomic mass is 9.92. The van der Waals surface area contributed by atoms with Crippen molar-refractivity contribution in [1.29, 1.82) is 0 Å². The van der Waals surface area contributed by atoms with Crippen molar-refractivity contribution >= 4 is 5.97 Å². The van der Waals surface area contributed by atoms with Crippen molar-refractivity contribution in [2.24, 2.45) is 17.6 Å². The fourth-order valence-corrected chi connectivity index (χ4v) is 2.86. The molecule has 110 valence electrons. The Morgan fingerprint density at radius 3 is 2.55 bits per heavy atom. The minimum absolute atomic E-state index is 0.358. The summed E-state index contributed by atoms with van der Waals surface area (Å²) in [5.74, 6) is -0.971. The zero-order chi connectivity index (χ0) is 14.4. The second-order valence-electron chi connectivity index (χ2n) is 5.59. The van der Waals surface area contributed by atoms with Crippen LogP contribution in [0.15, 0.2) is 30.3 Å². The normalized spacial score (nSPS) is 18.9. The molecule has 0 saturated heterocycles. The van der Waals surface area contributed by atoms with E-state index >= 15 is 0 Å². The molecule has 0 bridgehead atoms. The van der Waals surface area contributed by atoms with E-state index in [0.717, 1.165) is 18.4 Å². The molecule has 0 radical (unpaired) electrons. The Labute approximate surface area is 119 Å². The maximum Gasteiger partial charge on any atom is 0.310 e. The van der Waals surface area contributed by atoms with Crippen LogP contribution < -0.4 is 5.73 Å². The standard InChI is InChI=1S/C16H23NO3/c17-15(20-11-13-8-2-1-3-9-13)14(16(18)19)10-12-6-4-5-7-12/h1-3,8-9,12,14-15H,4-7,10-11,17H2,(H,18,19)/t14?,15-/m0/s1. The van der Waals surface area contributed by atoms with Gasteiger partial charge in [0, 0.05) is 0 Å². The summed E-state index contributed by atoms with van der Waals surface area (Å²) in [6.45, 7) is 0.358. The second-order valence-corrected chi connectivity index (χ2v) is 5.59. The Bertz CT molecular complexity index is 415. The maximum atomic E-state index is 11.4. The van der Waals surface area contributed by atoms with Crippen molar-refractivity contribution in [3.63, 3.8) is 0 Å². The topological polar surface area (TPSA) is 72.5 Å². The van der Waals surface area contributed by atoms with Gasteiger partial charge in [0.05, 0.1) is 12.5 Å². The van der Waals surface area contributed by atoms with Gasteiger partial charge in [0.2, 0.25) is 0 Å². The number of ether oxygens (including phenoxy) is 1. The van der Waals surface area contributed by atoms with Crippen molar-refractivity contribution in [3.8, 4) is 0 Å². The van der Waals surface area contributed by atoms with E-state index in [4.69, 9.17) is 10.5 Å². The zero-order valence-corrected chi connectivity index (χ0v) is 11.7. The van der Waals surface area contributed by atoms with Gasteiger partial charge in [-0.1, -0.05) is 56.0 Å². The van der Waals surface area contributed by atoms with E-state index in [-0.39, 0.29) is 0 Å². The maximum absolute atomic E-state index is 11.4. The van der Waals surface area contributed by atoms with Gasteiger partial charge < -0.3 is 15.6 Å². The largest absolute Gasteiger partial charge is 0.481 e. The van der Waals surface area contributed by atoms with Gasteiger partial charge in [-0.3, -0.25) is 4.79 Å². The summed E-state index contributed by atoms with van der Waals surface area (Å²) >= 11 is 0. The predicted octanol–water partition coefficient (Wildman–Crippen LogP) is 2.77. The van der Waals surface area contributed by atoms with Crippen LogP contribution in [0.25, 0.3) is 0 Å². The number of carboxylic acids is 1. The van der Waals surface area contributed by atoms with E-state index in [9.17, 15) is 9.90 Å². The van der Waals surface area contributed by atoms with Gasteiger partial charge >= 0.3 is 5.97 Å². The first kappa shape index (κ1) is 15.0. The summed E-state index contributed by atoms with van der Waals surface area (Å²) in [6, 6.07) is 9.68. The number of carbonyl (C=O) groups is 1. The predicted molar refractivity (Wildman–Crippen MR) is 76.9 cm³/mol. The number of nitrogens with two attached hydrogens (primary N) is 1. The molecular formula is C16H23NO3. The smallest absolute Gasteiger partial charge is 0.310 e. The van der Waals surface area contributed by atoms with Crippen LogP contribution in [0.2, 0.25) is 0 Å². The average Bonchev–Trinajstić information content (AvgIpc) is 2.96. The molecule has 0 amide bonds. The summed E-state index contributed by atoms with van der Waals surface area (Å²) in [6.07, 6.45) is 4.54. The number of rotatable bonds is 7. The van der Waals surface area contributed by atoms with E-state index in [1.807, 2.05) is 30.3 Å². The molecule has 1 aliphatic carbocycles. The van der Waals surface area contributed by atoms with Gasteiger partial charge in [-0.15, -0.1) is 0 Å². The monoisotopic (exact) mass is 277 g/mol. The van der Waals surface area contributed by atoms with E-state index in [0.29, 0.717) is 18.9 Å². The molecule has 2 atom stereocenters. The molecule has 1 aromatic carbocycles. The third-order valence-corrected chi connectivity index (χ3v) is 4.06. The Morgan fingerprint density at radius 1 is 1.30 bits per heavy atom. The molecule has 0 heterocycles. The first-order valence-electron chi connectivity index (χ1n) is 7.30. The van der Waals surface area contributed by atoms with Crippen molar-refractivity contribution < 1.29 is 14.6 Å². The van der Waals surface area contributed by atoms with E-state index in [2.05, 4.69) is 0 Å². The molecule has 20 heavy (non-hydrogen) atoms. The summed E-state index contributed by atoms with van der Waals surface area (Å²) < 4.78 is 5.56. The zero-order valence-electron chi connectivity index (χ0n) is 11.7. The number of carboxylic acid groups (broad SMARTS) is 1. The fourth-order valence-electron chi connectivity index (χ4n) is 2.86. The summed E-state index contributed by atoms with van der Waals surface area (Å²) in [5.41, 5.74) is 6.95. The van der Waals surface area contributed by atoms with Crippen LogP contribution in [0.3, 0.4) is 0 Å². The molecule has 1 fully saturated rings. The fraction of sp³-hybridized carbons (Fsp3) is 0.562. The Kier molecular flexibility index (Phi) is 5.56. The van der Waals surface area contributed by atoms with Gasteiger partial charge in [-0.25, -0.2) is 0 Å². The van der Waals surface area contributed by atoms with Gasteiger partial charge in [-0.05, 0) is 17.9 Å². The molecular weight excluding hydrogens is 254 g/mol. The SMILES string of the molecule is N[C@@H](OCc1ccccc1)C(CC1CCCC1)C(=O)O. The van der Waals surface area contributed by atoms with Crippen LogP contribution in [-0.2, 0) is 16.1 Å². The number of hydrogen-bond acceptors (Lipinski definition) is 3. The Morgan fingerprint density at radius 2 is 1.95 bits per heavy atom. The van der Waals surface area contributed by atoms with E-state index < -0.39 is 18.1 Å². The first-order chi connectivity index (χ1) is 9.66. The van der Waals surface area contributed by atoms with Crippen LogP contribution in [-0.4, -0.2) is 17.3 Å². The summed E-state index contributed by atoms with van der Waals surface area (Å²) in [5, 5.41) is 9.34. The number of hydrogen-bond donors (Lipinski definition) is 2. The molecule has 1 aliphatic rings. The highest BCUT2D eigenvalue weighted by atomic mass is 16.5. The minimum atomic E-state index is -0.850. The van der Waals surface area contributed by atoms with Gasteiger partial charge in [-0.2, -0.15) is 0 Å². The second kappa shape index (κ2) is 7.41. The average molecular weight is 277 g/mol. The molecule has 4 nitrogen and oxygen atoms in total. The highest BCUT2D eigenvalue weighted by Crippen LogP contribution is 2.31. The quantitative estimate of drug-likeness (QED) is 0.752. The van der Waals surface area contributed by atoms with Crippen molar-refractivity contribution in [2.45, 2.75) is 44.9 Å². The van der Waals surface area contributed by atoms with E-state index in [1.165, 1.54) is 12.8 Å². The van der Waals surface area contributed by atoms with Crippen LogP contribution in [0.1, 0.15) is 37.7 Å². The molecule has 0 aliphatic heterocycles. The third-order valence-electron chi connectivity index (χ3n) is 4.06. The van der Waals surface area contributed by atoms with Gasteiger partial charge in [0.1, 0.15) is 6.23 Å². The number of aliphatic carboxylic acids is 1. The van der Waals surface area contributed by atoms with Crippen LogP contribution >= 0.6 is 0 Å². The molecule has 3 N–H and O–H groups in total. The lowest BCUT2D eigenvalue weighted by Gasteiger charge is -2.23. The minimum Gasteiger partial charge on any atom is -0.481 e. The van der Waals surface area contributed by atoms with Crippen LogP contribution in [0, 0.1) is 11.8 Å². The molecule has 1 saturated carbocycles. The van der Waals surface area contributed by atoms with E-state index in [1.54, 1.807) is 0 Å². The molecule has 1 aromatic rings. The molecule has 1 unspecified atom stereocenters. The number of benzene rings is 1. The Hall–Kier alpha value is -1.39. The van der Waals surface area contributed by atoms with Crippen LogP contribution in [0.5, 0.6) is 0 Å². The van der Waals surface area contributed by atoms with Gasteiger partial charge in [0.15, 0.2) is 0 Å². The highest BCUT2D eigenvalue weighted by molar-refractivity contribution is 5.70. The summed E-state index contributed by atoms with van der Waals surface area (Å²) in [4.78, 5) is 11.4. The summed E-state index contributed by atoms with van der Waals surface area (Å²) in [7, 11) is 0. The lowest BCUT2D eigenvalue weighted by Crippen LogP contribution is -2.38. The molecule has 4 heteroatoms. The third kappa shape index (κ3) is 4.32. The lowest BCUT2D eigenvalue weighted by molar-refractivity contribution is -0.149. The molecule has 2 rings (SSSR count). The molecule has 0 spiro atoms.